The predicted molar refractivity (Wildman–Crippen MR) is 83.1 cm³/mol. The van der Waals surface area contributed by atoms with Crippen LogP contribution in [-0.4, -0.2) is 5.78 Å². The Bertz CT molecular complexity index is 453. The number of carbonyl (C=O) groups is 1. The molecule has 0 amide bonds. The van der Waals surface area contributed by atoms with E-state index in [0.29, 0.717) is 5.78 Å². The second kappa shape index (κ2) is 6.36. The smallest absolute Gasteiger partial charge is 0.164 e. The third-order valence-electron chi connectivity index (χ3n) is 4.24. The lowest BCUT2D eigenvalue weighted by atomic mass is 9.64. The van der Waals surface area contributed by atoms with E-state index >= 15 is 0 Å². The van der Waals surface area contributed by atoms with Gasteiger partial charge < -0.3 is 0 Å². The minimum atomic E-state index is 0.252. The number of benzene rings is 1. The molecule has 0 radical (unpaired) electrons. The monoisotopic (exact) mass is 260 g/mol. The van der Waals surface area contributed by atoms with Crippen LogP contribution in [0.15, 0.2) is 12.1 Å². The number of rotatable bonds is 0. The van der Waals surface area contributed by atoms with Crippen molar-refractivity contribution in [3.63, 3.8) is 0 Å². The maximum atomic E-state index is 12.0. The maximum absolute atomic E-state index is 12.0. The number of fused-ring (bicyclic) bond motifs is 2. The summed E-state index contributed by atoms with van der Waals surface area (Å²) in [7, 11) is 0. The summed E-state index contributed by atoms with van der Waals surface area (Å²) in [6.45, 7) is 12.2. The van der Waals surface area contributed by atoms with Gasteiger partial charge in [-0.3, -0.25) is 4.79 Å². The van der Waals surface area contributed by atoms with Gasteiger partial charge in [0, 0.05) is 17.4 Å². The molecule has 1 aromatic rings. The van der Waals surface area contributed by atoms with Gasteiger partial charge in [-0.25, -0.2) is 0 Å². The predicted octanol–water partition coefficient (Wildman–Crippen LogP) is 5.36. The molecule has 0 aromatic heterocycles. The average molecular weight is 260 g/mol. The minimum Gasteiger partial charge on any atom is -0.294 e. The maximum Gasteiger partial charge on any atom is 0.164 e. The lowest BCUT2D eigenvalue weighted by Gasteiger charge is -2.39. The van der Waals surface area contributed by atoms with Gasteiger partial charge in [0.1, 0.15) is 0 Å². The van der Waals surface area contributed by atoms with Crippen molar-refractivity contribution in [2.75, 3.05) is 0 Å². The summed E-state index contributed by atoms with van der Waals surface area (Å²) in [5, 5.41) is 0. The standard InChI is InChI=1S/C14H16O.2C2H6/c1-9-4-5-10(2)13-12(9)11(15)8-14(13)6-3-7-14;2*1-2/h4-5H,3,6-8H2,1-2H3;2*1-2H3. The van der Waals surface area contributed by atoms with Crippen LogP contribution in [0.3, 0.4) is 0 Å². The molecule has 0 saturated heterocycles. The van der Waals surface area contributed by atoms with Gasteiger partial charge in [-0.1, -0.05) is 46.2 Å². The molecule has 2 aliphatic carbocycles. The summed E-state index contributed by atoms with van der Waals surface area (Å²) in [5.41, 5.74) is 5.18. The zero-order valence-corrected chi connectivity index (χ0v) is 13.4. The molecular formula is C18H28O. The first-order chi connectivity index (χ1) is 9.14. The van der Waals surface area contributed by atoms with E-state index in [2.05, 4.69) is 26.0 Å². The molecule has 1 fully saturated rings. The molecule has 1 aromatic carbocycles. The molecule has 0 bridgehead atoms. The van der Waals surface area contributed by atoms with Crippen LogP contribution in [-0.2, 0) is 5.41 Å². The van der Waals surface area contributed by atoms with E-state index in [1.807, 2.05) is 27.7 Å². The fourth-order valence-electron chi connectivity index (χ4n) is 3.37. The van der Waals surface area contributed by atoms with Crippen LogP contribution < -0.4 is 0 Å². The topological polar surface area (TPSA) is 17.1 Å². The van der Waals surface area contributed by atoms with Crippen LogP contribution in [0.1, 0.15) is 80.4 Å². The van der Waals surface area contributed by atoms with Gasteiger partial charge in [0.2, 0.25) is 0 Å². The van der Waals surface area contributed by atoms with Crippen molar-refractivity contribution in [2.24, 2.45) is 0 Å². The summed E-state index contributed by atoms with van der Waals surface area (Å²) in [4.78, 5) is 12.0. The molecule has 1 spiro atoms. The number of hydrogen-bond donors (Lipinski definition) is 0. The molecule has 106 valence electrons. The number of ketones is 1. The van der Waals surface area contributed by atoms with Crippen molar-refractivity contribution in [3.05, 3.63) is 34.4 Å². The lowest BCUT2D eigenvalue weighted by Crippen LogP contribution is -2.32. The van der Waals surface area contributed by atoms with E-state index < -0.39 is 0 Å². The Morgan fingerprint density at radius 1 is 0.947 bits per heavy atom. The Morgan fingerprint density at radius 2 is 1.47 bits per heavy atom. The Labute approximate surface area is 118 Å². The third-order valence-corrected chi connectivity index (χ3v) is 4.24. The van der Waals surface area contributed by atoms with Crippen LogP contribution in [0.5, 0.6) is 0 Å². The number of Topliss-reactive ketones (excluding diaryl/α,β-unsaturated/α-hetero) is 1. The first-order valence-corrected chi connectivity index (χ1v) is 7.78. The Hall–Kier alpha value is -1.11. The van der Waals surface area contributed by atoms with Gasteiger partial charge in [-0.2, -0.15) is 0 Å². The fraction of sp³-hybridized carbons (Fsp3) is 0.611. The van der Waals surface area contributed by atoms with E-state index in [9.17, 15) is 4.79 Å². The summed E-state index contributed by atoms with van der Waals surface area (Å²) in [5.74, 6) is 0.380. The van der Waals surface area contributed by atoms with Gasteiger partial charge in [0.25, 0.3) is 0 Å². The molecule has 3 rings (SSSR count). The van der Waals surface area contributed by atoms with Gasteiger partial charge >= 0.3 is 0 Å². The zero-order chi connectivity index (χ0) is 14.6. The normalized spacial score (nSPS) is 17.7. The summed E-state index contributed by atoms with van der Waals surface area (Å²) < 4.78 is 0. The van der Waals surface area contributed by atoms with Crippen LogP contribution >= 0.6 is 0 Å². The van der Waals surface area contributed by atoms with Crippen molar-refractivity contribution in [1.29, 1.82) is 0 Å². The first kappa shape index (κ1) is 15.9. The van der Waals surface area contributed by atoms with Crippen molar-refractivity contribution in [1.82, 2.24) is 0 Å². The van der Waals surface area contributed by atoms with Crippen molar-refractivity contribution in [2.45, 2.75) is 72.6 Å². The van der Waals surface area contributed by atoms with Crippen LogP contribution in [0, 0.1) is 13.8 Å². The van der Waals surface area contributed by atoms with Gasteiger partial charge in [-0.15, -0.1) is 0 Å². The van der Waals surface area contributed by atoms with Crippen molar-refractivity contribution < 1.29 is 4.79 Å². The zero-order valence-electron chi connectivity index (χ0n) is 13.4. The molecule has 0 N–H and O–H groups in total. The molecule has 1 heteroatoms. The van der Waals surface area contributed by atoms with Crippen LogP contribution in [0.2, 0.25) is 0 Å². The van der Waals surface area contributed by atoms with E-state index in [4.69, 9.17) is 0 Å². The summed E-state index contributed by atoms with van der Waals surface area (Å²) in [6.07, 6.45) is 4.50. The highest BCUT2D eigenvalue weighted by molar-refractivity contribution is 6.04. The van der Waals surface area contributed by atoms with Gasteiger partial charge in [0.15, 0.2) is 5.78 Å². The van der Waals surface area contributed by atoms with Crippen LogP contribution in [0.4, 0.5) is 0 Å². The molecule has 0 unspecified atom stereocenters. The van der Waals surface area contributed by atoms with E-state index in [1.54, 1.807) is 0 Å². The Kier molecular flexibility index (Phi) is 5.34. The molecule has 0 aliphatic heterocycles. The first-order valence-electron chi connectivity index (χ1n) is 7.78. The number of aryl methyl sites for hydroxylation is 2. The highest BCUT2D eigenvalue weighted by Gasteiger charge is 2.48. The molecule has 1 saturated carbocycles. The van der Waals surface area contributed by atoms with Gasteiger partial charge in [0.05, 0.1) is 0 Å². The average Bonchev–Trinajstić information content (AvgIpc) is 2.74. The SMILES string of the molecule is CC.CC.Cc1ccc(C)c2c1C(=O)CC21CCC1. The fourth-order valence-corrected chi connectivity index (χ4v) is 3.37. The highest BCUT2D eigenvalue weighted by atomic mass is 16.1. The largest absolute Gasteiger partial charge is 0.294 e. The minimum absolute atomic E-state index is 0.252. The summed E-state index contributed by atoms with van der Waals surface area (Å²) >= 11 is 0. The second-order valence-corrected chi connectivity index (χ2v) is 5.18. The number of carbonyl (C=O) groups excluding carboxylic acids is 1. The van der Waals surface area contributed by atoms with E-state index in [0.717, 1.165) is 12.0 Å². The van der Waals surface area contributed by atoms with Crippen LogP contribution in [0.25, 0.3) is 0 Å². The molecular weight excluding hydrogens is 232 g/mol. The molecule has 2 aliphatic rings. The van der Waals surface area contributed by atoms with Crippen molar-refractivity contribution in [3.8, 4) is 0 Å². The Morgan fingerprint density at radius 3 is 1.95 bits per heavy atom. The molecule has 19 heavy (non-hydrogen) atoms. The number of hydrogen-bond acceptors (Lipinski definition) is 1. The highest BCUT2D eigenvalue weighted by Crippen LogP contribution is 2.53. The lowest BCUT2D eigenvalue weighted by molar-refractivity contribution is 0.0946. The summed E-state index contributed by atoms with van der Waals surface area (Å²) in [6, 6.07) is 4.26. The molecule has 1 nitrogen and oxygen atoms in total. The molecule has 0 heterocycles. The van der Waals surface area contributed by atoms with Crippen molar-refractivity contribution >= 4 is 5.78 Å². The Balaban J connectivity index is 0.000000415. The third kappa shape index (κ3) is 2.48. The molecule has 0 atom stereocenters. The van der Waals surface area contributed by atoms with E-state index in [1.165, 1.54) is 36.0 Å². The quantitative estimate of drug-likeness (QED) is 0.613. The van der Waals surface area contributed by atoms with E-state index in [-0.39, 0.29) is 5.41 Å². The van der Waals surface area contributed by atoms with Gasteiger partial charge in [-0.05, 0) is 43.4 Å². The second-order valence-electron chi connectivity index (χ2n) is 5.18.